The van der Waals surface area contributed by atoms with Gasteiger partial charge in [-0.2, -0.15) is 0 Å². The van der Waals surface area contributed by atoms with Gasteiger partial charge in [0.25, 0.3) is 0 Å². The molecule has 0 N–H and O–H groups in total. The molecular weight excluding hydrogens is 120 g/mol. The Balaban J connectivity index is 0.000000291. The molecule has 0 amide bonds. The van der Waals surface area contributed by atoms with Gasteiger partial charge in [0.2, 0.25) is 0 Å². The molecule has 3 heteroatoms. The molecule has 0 saturated carbocycles. The van der Waals surface area contributed by atoms with E-state index in [9.17, 15) is 0 Å². The predicted molar refractivity (Wildman–Crippen MR) is 34.0 cm³/mol. The van der Waals surface area contributed by atoms with Crippen LogP contribution in [0.5, 0.6) is 0 Å². The molecule has 1 fully saturated rings. The molecule has 0 aromatic rings. The second kappa shape index (κ2) is 5.75. The van der Waals surface area contributed by atoms with E-state index in [1.807, 2.05) is 0 Å². The van der Waals surface area contributed by atoms with Crippen molar-refractivity contribution in [3.05, 3.63) is 13.2 Å². The summed E-state index contributed by atoms with van der Waals surface area (Å²) in [4.78, 5) is 8.85. The van der Waals surface area contributed by atoms with Crippen LogP contribution in [0.4, 0.5) is 0 Å². The second-order valence-electron chi connectivity index (χ2n) is 1.41. The van der Waals surface area contributed by atoms with E-state index in [-0.39, 0.29) is 0 Å². The molecule has 0 aliphatic carbocycles. The Kier molecular flexibility index (Phi) is 5.51. The lowest BCUT2D eigenvalue weighted by molar-refractivity contribution is -0.274. The van der Waals surface area contributed by atoms with Crippen molar-refractivity contribution in [3.8, 4) is 0 Å². The molecular formula is C6H12O3. The molecule has 54 valence electrons. The standard InChI is InChI=1S/C4H8O3.C2H4/c1-5-7-3-4-2-6-4;1-2/h4H,2-3H2,1H3;1-2H2. The minimum atomic E-state index is 0.306. The molecule has 0 aromatic heterocycles. The first-order valence-electron chi connectivity index (χ1n) is 2.70. The Morgan fingerprint density at radius 2 is 2.22 bits per heavy atom. The lowest BCUT2D eigenvalue weighted by atomic mass is 10.5. The van der Waals surface area contributed by atoms with Gasteiger partial charge in [-0.3, -0.25) is 0 Å². The molecule has 1 rings (SSSR count). The Morgan fingerprint density at radius 3 is 2.56 bits per heavy atom. The van der Waals surface area contributed by atoms with Gasteiger partial charge in [0.05, 0.1) is 13.7 Å². The molecule has 1 saturated heterocycles. The van der Waals surface area contributed by atoms with Gasteiger partial charge < -0.3 is 4.74 Å². The minimum Gasteiger partial charge on any atom is -0.370 e. The fourth-order valence-corrected chi connectivity index (χ4v) is 0.308. The topological polar surface area (TPSA) is 31.0 Å². The molecule has 1 aliphatic heterocycles. The largest absolute Gasteiger partial charge is 0.370 e. The Hall–Kier alpha value is -0.380. The average Bonchev–Trinajstić information content (AvgIpc) is 2.71. The molecule has 1 heterocycles. The van der Waals surface area contributed by atoms with Crippen LogP contribution in [-0.2, 0) is 14.5 Å². The fourth-order valence-electron chi connectivity index (χ4n) is 0.308. The van der Waals surface area contributed by atoms with E-state index in [1.165, 1.54) is 7.11 Å². The van der Waals surface area contributed by atoms with Crippen LogP contribution in [0.15, 0.2) is 13.2 Å². The van der Waals surface area contributed by atoms with E-state index < -0.39 is 0 Å². The first kappa shape index (κ1) is 8.62. The Morgan fingerprint density at radius 1 is 1.67 bits per heavy atom. The van der Waals surface area contributed by atoms with Crippen molar-refractivity contribution in [1.82, 2.24) is 0 Å². The van der Waals surface area contributed by atoms with Crippen LogP contribution in [0.3, 0.4) is 0 Å². The third-order valence-corrected chi connectivity index (χ3v) is 0.774. The van der Waals surface area contributed by atoms with Gasteiger partial charge in [0.15, 0.2) is 0 Å². The van der Waals surface area contributed by atoms with E-state index in [4.69, 9.17) is 4.74 Å². The van der Waals surface area contributed by atoms with Crippen LogP contribution in [0, 0.1) is 0 Å². The first-order chi connectivity index (χ1) is 4.43. The third kappa shape index (κ3) is 5.49. The maximum atomic E-state index is 4.81. The van der Waals surface area contributed by atoms with Crippen molar-refractivity contribution >= 4 is 0 Å². The van der Waals surface area contributed by atoms with Gasteiger partial charge >= 0.3 is 0 Å². The molecule has 0 aromatic carbocycles. The van der Waals surface area contributed by atoms with Crippen LogP contribution in [0.25, 0.3) is 0 Å². The summed E-state index contributed by atoms with van der Waals surface area (Å²) >= 11 is 0. The summed E-state index contributed by atoms with van der Waals surface area (Å²) in [6.07, 6.45) is 0.306. The lowest BCUT2D eigenvalue weighted by Crippen LogP contribution is -1.98. The molecule has 0 spiro atoms. The molecule has 9 heavy (non-hydrogen) atoms. The Bertz CT molecular complexity index is 61.3. The number of hydrogen-bond acceptors (Lipinski definition) is 3. The van der Waals surface area contributed by atoms with Crippen LogP contribution in [0.1, 0.15) is 0 Å². The SMILES string of the molecule is C=C.COOCC1CO1. The van der Waals surface area contributed by atoms with E-state index in [0.29, 0.717) is 12.7 Å². The number of ether oxygens (including phenoxy) is 1. The highest BCUT2D eigenvalue weighted by molar-refractivity contribution is 4.65. The third-order valence-electron chi connectivity index (χ3n) is 0.774. The normalized spacial score (nSPS) is 22.1. The van der Waals surface area contributed by atoms with Gasteiger partial charge in [0.1, 0.15) is 12.7 Å². The van der Waals surface area contributed by atoms with Crippen LogP contribution in [-0.4, -0.2) is 26.4 Å². The first-order valence-corrected chi connectivity index (χ1v) is 2.70. The Labute approximate surface area is 55.1 Å². The van der Waals surface area contributed by atoms with Crippen molar-refractivity contribution in [2.24, 2.45) is 0 Å². The minimum absolute atomic E-state index is 0.306. The summed E-state index contributed by atoms with van der Waals surface area (Å²) < 4.78 is 4.81. The molecule has 3 nitrogen and oxygen atoms in total. The second-order valence-corrected chi connectivity index (χ2v) is 1.41. The van der Waals surface area contributed by atoms with E-state index in [1.54, 1.807) is 0 Å². The van der Waals surface area contributed by atoms with Crippen LogP contribution in [0.2, 0.25) is 0 Å². The number of epoxide rings is 1. The highest BCUT2D eigenvalue weighted by Crippen LogP contribution is 2.07. The summed E-state index contributed by atoms with van der Waals surface area (Å²) in [5.41, 5.74) is 0. The van der Waals surface area contributed by atoms with E-state index in [2.05, 4.69) is 22.9 Å². The van der Waals surface area contributed by atoms with Gasteiger partial charge in [0, 0.05) is 0 Å². The van der Waals surface area contributed by atoms with Crippen molar-refractivity contribution < 1.29 is 14.5 Å². The smallest absolute Gasteiger partial charge is 0.111 e. The summed E-state index contributed by atoms with van der Waals surface area (Å²) in [6.45, 7) is 7.39. The molecule has 1 aliphatic rings. The van der Waals surface area contributed by atoms with Crippen molar-refractivity contribution in [2.75, 3.05) is 20.3 Å². The summed E-state index contributed by atoms with van der Waals surface area (Å²) in [7, 11) is 1.49. The van der Waals surface area contributed by atoms with Gasteiger partial charge in [-0.1, -0.05) is 0 Å². The summed E-state index contributed by atoms with van der Waals surface area (Å²) in [5, 5.41) is 0. The zero-order chi connectivity index (χ0) is 7.11. The maximum Gasteiger partial charge on any atom is 0.111 e. The zero-order valence-electron chi connectivity index (χ0n) is 5.63. The molecule has 1 atom stereocenters. The lowest BCUT2D eigenvalue weighted by Gasteiger charge is -1.91. The number of hydrogen-bond donors (Lipinski definition) is 0. The molecule has 1 unspecified atom stereocenters. The van der Waals surface area contributed by atoms with E-state index >= 15 is 0 Å². The monoisotopic (exact) mass is 132 g/mol. The summed E-state index contributed by atoms with van der Waals surface area (Å²) in [6, 6.07) is 0. The zero-order valence-corrected chi connectivity index (χ0v) is 5.63. The van der Waals surface area contributed by atoms with Gasteiger partial charge in [-0.05, 0) is 0 Å². The van der Waals surface area contributed by atoms with Crippen LogP contribution < -0.4 is 0 Å². The van der Waals surface area contributed by atoms with Gasteiger partial charge in [-0.25, -0.2) is 9.78 Å². The van der Waals surface area contributed by atoms with Crippen molar-refractivity contribution in [2.45, 2.75) is 6.10 Å². The van der Waals surface area contributed by atoms with Crippen molar-refractivity contribution in [1.29, 1.82) is 0 Å². The fraction of sp³-hybridized carbons (Fsp3) is 0.667. The number of rotatable bonds is 3. The predicted octanol–water partition coefficient (Wildman–Crippen LogP) is 0.765. The van der Waals surface area contributed by atoms with Gasteiger partial charge in [-0.15, -0.1) is 13.2 Å². The highest BCUT2D eigenvalue weighted by atomic mass is 17.2. The maximum absolute atomic E-state index is 4.81. The summed E-state index contributed by atoms with van der Waals surface area (Å²) in [5.74, 6) is 0. The average molecular weight is 132 g/mol. The molecule has 0 bridgehead atoms. The highest BCUT2D eigenvalue weighted by Gasteiger charge is 2.22. The quantitative estimate of drug-likeness (QED) is 0.246. The molecule has 0 radical (unpaired) electrons. The van der Waals surface area contributed by atoms with Crippen molar-refractivity contribution in [3.63, 3.8) is 0 Å². The van der Waals surface area contributed by atoms with E-state index in [0.717, 1.165) is 6.61 Å². The van der Waals surface area contributed by atoms with Crippen LogP contribution >= 0.6 is 0 Å².